The Kier molecular flexibility index (Phi) is 9.98. The molecule has 0 spiro atoms. The average molecular weight is 701 g/mol. The molecule has 1 saturated carbocycles. The lowest BCUT2D eigenvalue weighted by molar-refractivity contribution is 0.0110. The van der Waals surface area contributed by atoms with E-state index < -0.39 is 56.8 Å². The lowest BCUT2D eigenvalue weighted by Gasteiger charge is -2.37. The molecule has 0 radical (unpaired) electrons. The van der Waals surface area contributed by atoms with Crippen molar-refractivity contribution < 1.29 is 31.5 Å². The van der Waals surface area contributed by atoms with Crippen LogP contribution >= 0.6 is 23.4 Å². The standard InChI is InChI=1S/C30H39ClF2N4O5S2Si/c1-28(2,3)42-27(38)37(18-41-11-12-45(6,7)8)26-36-29(4,24-15-30(24,43-26)44(5,39)40)20-13-19(9-10-21(20)32)14-22(33)23-16-35-25(31)17-34-23/h9-10,13-14,16-17,24H,11-12,15,18H2,1-8H3/b22-14-/t24-,29+,30+/m0/s1. The molecule has 0 saturated heterocycles. The summed E-state index contributed by atoms with van der Waals surface area (Å²) in [5.41, 5.74) is -2.01. The molecule has 1 aliphatic carbocycles. The van der Waals surface area contributed by atoms with Gasteiger partial charge in [0, 0.05) is 32.4 Å². The lowest BCUT2D eigenvalue weighted by atomic mass is 9.86. The van der Waals surface area contributed by atoms with Gasteiger partial charge in [0.15, 0.2) is 20.8 Å². The van der Waals surface area contributed by atoms with Crippen LogP contribution in [0.4, 0.5) is 13.6 Å². The van der Waals surface area contributed by atoms with E-state index in [9.17, 15) is 13.2 Å². The van der Waals surface area contributed by atoms with E-state index in [1.807, 2.05) is 0 Å². The summed E-state index contributed by atoms with van der Waals surface area (Å²) in [5, 5.41) is 0.148. The number of aliphatic imine (C=N–C) groups is 1. The van der Waals surface area contributed by atoms with E-state index in [-0.39, 0.29) is 34.7 Å². The van der Waals surface area contributed by atoms with E-state index in [2.05, 4.69) is 29.6 Å². The minimum Gasteiger partial charge on any atom is -0.443 e. The Labute approximate surface area is 273 Å². The summed E-state index contributed by atoms with van der Waals surface area (Å²) in [6, 6.07) is 4.84. The molecule has 9 nitrogen and oxygen atoms in total. The zero-order chi connectivity index (χ0) is 33.6. The number of amides is 1. The van der Waals surface area contributed by atoms with Crippen molar-refractivity contribution in [2.24, 2.45) is 10.9 Å². The van der Waals surface area contributed by atoms with E-state index in [0.29, 0.717) is 12.2 Å². The molecule has 246 valence electrons. The number of carbonyl (C=O) groups excluding carboxylic acids is 1. The van der Waals surface area contributed by atoms with Crippen molar-refractivity contribution in [1.82, 2.24) is 14.9 Å². The Bertz CT molecular complexity index is 1630. The average Bonchev–Trinajstić information content (AvgIpc) is 3.66. The van der Waals surface area contributed by atoms with Crippen LogP contribution in [0, 0.1) is 11.7 Å². The maximum Gasteiger partial charge on any atom is 0.418 e. The number of aromatic nitrogens is 2. The van der Waals surface area contributed by atoms with Gasteiger partial charge in [-0.1, -0.05) is 49.1 Å². The minimum atomic E-state index is -3.74. The van der Waals surface area contributed by atoms with E-state index in [1.165, 1.54) is 41.6 Å². The zero-order valence-electron chi connectivity index (χ0n) is 26.7. The van der Waals surface area contributed by atoms with Crippen molar-refractivity contribution in [2.45, 2.75) is 75.0 Å². The summed E-state index contributed by atoms with van der Waals surface area (Å²) in [5.74, 6) is -2.00. The molecule has 0 unspecified atom stereocenters. The Balaban J connectivity index is 1.79. The molecule has 45 heavy (non-hydrogen) atoms. The fourth-order valence-electron chi connectivity index (χ4n) is 4.98. The van der Waals surface area contributed by atoms with Gasteiger partial charge in [-0.25, -0.2) is 36.9 Å². The second-order valence-corrected chi connectivity index (χ2v) is 23.5. The maximum absolute atomic E-state index is 15.7. The van der Waals surface area contributed by atoms with Gasteiger partial charge < -0.3 is 9.47 Å². The Morgan fingerprint density at radius 1 is 1.24 bits per heavy atom. The summed E-state index contributed by atoms with van der Waals surface area (Å²) < 4.78 is 67.5. The monoisotopic (exact) mass is 700 g/mol. The number of ether oxygens (including phenoxy) is 2. The quantitative estimate of drug-likeness (QED) is 0.152. The maximum atomic E-state index is 15.7. The van der Waals surface area contributed by atoms with Gasteiger partial charge in [-0.15, -0.1) is 0 Å². The molecule has 4 rings (SSSR count). The number of fused-ring (bicyclic) bond motifs is 1. The van der Waals surface area contributed by atoms with Crippen LogP contribution in [0.15, 0.2) is 35.6 Å². The number of halogens is 3. The second kappa shape index (κ2) is 12.7. The third-order valence-electron chi connectivity index (χ3n) is 7.51. The Hall–Kier alpha value is -2.39. The fraction of sp³-hybridized carbons (Fsp3) is 0.533. The molecule has 1 aromatic carbocycles. The predicted octanol–water partition coefficient (Wildman–Crippen LogP) is 7.36. The topological polar surface area (TPSA) is 111 Å². The number of amidine groups is 1. The summed E-state index contributed by atoms with van der Waals surface area (Å²) in [7, 11) is -5.19. The normalized spacial score (nSPS) is 23.7. The first-order valence-electron chi connectivity index (χ1n) is 14.4. The molecular formula is C30H39ClF2N4O5S2Si. The van der Waals surface area contributed by atoms with Crippen molar-refractivity contribution in [3.63, 3.8) is 0 Å². The number of carbonyl (C=O) groups is 1. The van der Waals surface area contributed by atoms with Crippen molar-refractivity contribution in [1.29, 1.82) is 0 Å². The molecule has 15 heteroatoms. The number of sulfone groups is 1. The van der Waals surface area contributed by atoms with Gasteiger partial charge in [0.05, 0.1) is 17.9 Å². The van der Waals surface area contributed by atoms with Crippen LogP contribution in [0.3, 0.4) is 0 Å². The third-order valence-corrected chi connectivity index (χ3v) is 13.6. The minimum absolute atomic E-state index is 0.0434. The number of hydrogen-bond acceptors (Lipinski definition) is 9. The van der Waals surface area contributed by atoms with Crippen molar-refractivity contribution in [2.75, 3.05) is 19.6 Å². The van der Waals surface area contributed by atoms with E-state index in [0.717, 1.165) is 24.1 Å². The molecule has 1 fully saturated rings. The molecule has 2 aromatic rings. The molecule has 0 N–H and O–H groups in total. The fourth-order valence-corrected chi connectivity index (χ4v) is 9.28. The van der Waals surface area contributed by atoms with Crippen LogP contribution in [0.25, 0.3) is 11.9 Å². The summed E-state index contributed by atoms with van der Waals surface area (Å²) in [6.45, 7) is 13.5. The molecule has 1 aromatic heterocycles. The molecule has 3 atom stereocenters. The van der Waals surface area contributed by atoms with E-state index in [4.69, 9.17) is 26.1 Å². The van der Waals surface area contributed by atoms with Crippen molar-refractivity contribution >= 4 is 64.4 Å². The molecule has 2 heterocycles. The number of benzene rings is 1. The summed E-state index contributed by atoms with van der Waals surface area (Å²) in [4.78, 5) is 27.3. The summed E-state index contributed by atoms with van der Waals surface area (Å²) in [6.07, 6.45) is 4.09. The third kappa shape index (κ3) is 8.13. The zero-order valence-corrected chi connectivity index (χ0v) is 30.0. The van der Waals surface area contributed by atoms with Crippen LogP contribution < -0.4 is 0 Å². The van der Waals surface area contributed by atoms with E-state index in [1.54, 1.807) is 27.7 Å². The highest BCUT2D eigenvalue weighted by atomic mass is 35.5. The second-order valence-electron chi connectivity index (χ2n) is 13.7. The van der Waals surface area contributed by atoms with Gasteiger partial charge in [0.1, 0.15) is 33.1 Å². The van der Waals surface area contributed by atoms with Crippen LogP contribution in [-0.2, 0) is 24.8 Å². The van der Waals surface area contributed by atoms with Crippen LogP contribution in [-0.4, -0.2) is 71.9 Å². The highest BCUT2D eigenvalue weighted by Crippen LogP contribution is 2.68. The largest absolute Gasteiger partial charge is 0.443 e. The van der Waals surface area contributed by atoms with Gasteiger partial charge in [-0.3, -0.25) is 4.99 Å². The number of rotatable bonds is 9. The number of nitrogens with zero attached hydrogens (tertiary/aromatic N) is 4. The van der Waals surface area contributed by atoms with Gasteiger partial charge in [-0.2, -0.15) is 0 Å². The van der Waals surface area contributed by atoms with Crippen molar-refractivity contribution in [3.05, 3.63) is 58.4 Å². The van der Waals surface area contributed by atoms with Gasteiger partial charge >= 0.3 is 6.09 Å². The molecule has 2 aliphatic rings. The van der Waals surface area contributed by atoms with Crippen LogP contribution in [0.2, 0.25) is 30.8 Å². The predicted molar refractivity (Wildman–Crippen MR) is 178 cm³/mol. The van der Waals surface area contributed by atoms with E-state index >= 15 is 8.78 Å². The highest BCUT2D eigenvalue weighted by molar-refractivity contribution is 8.24. The highest BCUT2D eigenvalue weighted by Gasteiger charge is 2.72. The first-order valence-corrected chi connectivity index (χ1v) is 21.2. The molecule has 1 aliphatic heterocycles. The van der Waals surface area contributed by atoms with Gasteiger partial charge in [0.25, 0.3) is 0 Å². The number of thioether (sulfide) groups is 1. The van der Waals surface area contributed by atoms with Gasteiger partial charge in [-0.05, 0) is 63.9 Å². The number of hydrogen-bond donors (Lipinski definition) is 0. The van der Waals surface area contributed by atoms with Crippen LogP contribution in [0.5, 0.6) is 0 Å². The SMILES string of the molecule is CC(C)(C)OC(=O)N(COCC[Si](C)(C)C)C1=N[C@](C)(c2cc(/C=C(\F)c3cnc(Cl)cn3)ccc2F)[C@@H]2C[C@]2(S(C)(=O)=O)S1. The van der Waals surface area contributed by atoms with Crippen LogP contribution in [0.1, 0.15) is 50.9 Å². The molecular weight excluding hydrogens is 662 g/mol. The Morgan fingerprint density at radius 2 is 1.93 bits per heavy atom. The lowest BCUT2D eigenvalue weighted by Crippen LogP contribution is -2.46. The molecule has 1 amide bonds. The summed E-state index contributed by atoms with van der Waals surface area (Å²) >= 11 is 6.71. The first kappa shape index (κ1) is 35.5. The van der Waals surface area contributed by atoms with Gasteiger partial charge in [0.2, 0.25) is 0 Å². The first-order chi connectivity index (χ1) is 20.7. The van der Waals surface area contributed by atoms with Crippen molar-refractivity contribution in [3.8, 4) is 0 Å². The molecule has 0 bridgehead atoms. The smallest absolute Gasteiger partial charge is 0.418 e. The Morgan fingerprint density at radius 3 is 2.51 bits per heavy atom.